The molecule has 7 heteroatoms. The Bertz CT molecular complexity index is 1050. The van der Waals surface area contributed by atoms with Gasteiger partial charge in [0.15, 0.2) is 17.5 Å². The minimum atomic E-state index is -0.327. The van der Waals surface area contributed by atoms with Crippen molar-refractivity contribution in [1.82, 2.24) is 15.6 Å². The summed E-state index contributed by atoms with van der Waals surface area (Å²) < 4.78 is 20.0. The number of para-hydroxylation sites is 1. The van der Waals surface area contributed by atoms with Crippen LogP contribution in [-0.4, -0.2) is 24.6 Å². The Kier molecular flexibility index (Phi) is 8.06. The van der Waals surface area contributed by atoms with Crippen LogP contribution >= 0.6 is 24.0 Å². The third-order valence-electron chi connectivity index (χ3n) is 5.37. The fourth-order valence-electron chi connectivity index (χ4n) is 3.37. The van der Waals surface area contributed by atoms with E-state index in [2.05, 4.69) is 26.7 Å². The molecule has 0 radical (unpaired) electrons. The molecule has 0 spiro atoms. The zero-order valence-corrected chi connectivity index (χ0v) is 20.1. The van der Waals surface area contributed by atoms with Crippen molar-refractivity contribution in [3.05, 3.63) is 71.7 Å². The van der Waals surface area contributed by atoms with Crippen LogP contribution in [0.2, 0.25) is 0 Å². The maximum Gasteiger partial charge on any atom is 0.191 e. The van der Waals surface area contributed by atoms with Crippen molar-refractivity contribution >= 4 is 40.8 Å². The molecule has 1 aliphatic rings. The maximum atomic E-state index is 14.4. The molecule has 4 rings (SSSR count). The lowest BCUT2D eigenvalue weighted by molar-refractivity contribution is 0.285. The van der Waals surface area contributed by atoms with Crippen LogP contribution in [0.1, 0.15) is 36.9 Å². The predicted octanol–water partition coefficient (Wildman–Crippen LogP) is 5.21. The zero-order chi connectivity index (χ0) is 20.9. The van der Waals surface area contributed by atoms with E-state index in [1.54, 1.807) is 19.3 Å². The molecule has 1 aliphatic carbocycles. The molecule has 0 bridgehead atoms. The van der Waals surface area contributed by atoms with Gasteiger partial charge in [-0.05, 0) is 55.0 Å². The van der Waals surface area contributed by atoms with Crippen LogP contribution in [0.5, 0.6) is 5.75 Å². The third-order valence-corrected chi connectivity index (χ3v) is 5.37. The van der Waals surface area contributed by atoms with Crippen LogP contribution in [-0.2, 0) is 6.54 Å². The predicted molar refractivity (Wildman–Crippen MR) is 134 cm³/mol. The van der Waals surface area contributed by atoms with E-state index in [0.29, 0.717) is 30.8 Å². The Hall–Kier alpha value is -2.42. The first-order valence-electron chi connectivity index (χ1n) is 10.4. The summed E-state index contributed by atoms with van der Waals surface area (Å²) in [6.45, 7) is 3.17. The Morgan fingerprint density at radius 2 is 2.03 bits per heavy atom. The zero-order valence-electron chi connectivity index (χ0n) is 17.8. The number of rotatable bonds is 7. The van der Waals surface area contributed by atoms with Crippen LogP contribution in [0.15, 0.2) is 59.7 Å². The topological polar surface area (TPSA) is 58.5 Å². The summed E-state index contributed by atoms with van der Waals surface area (Å²) >= 11 is 0. The van der Waals surface area contributed by atoms with Crippen LogP contribution in [0.3, 0.4) is 0 Å². The highest BCUT2D eigenvalue weighted by atomic mass is 127. The summed E-state index contributed by atoms with van der Waals surface area (Å²) in [5.74, 6) is 1.23. The van der Waals surface area contributed by atoms with E-state index in [9.17, 15) is 4.39 Å². The molecular formula is C24H28FIN4O. The lowest BCUT2D eigenvalue weighted by Gasteiger charge is -2.19. The first-order valence-corrected chi connectivity index (χ1v) is 10.4. The monoisotopic (exact) mass is 534 g/mol. The highest BCUT2D eigenvalue weighted by molar-refractivity contribution is 14.0. The summed E-state index contributed by atoms with van der Waals surface area (Å²) in [7, 11) is 1.72. The molecule has 0 saturated heterocycles. The van der Waals surface area contributed by atoms with E-state index in [1.807, 2.05) is 37.3 Å². The molecule has 5 nitrogen and oxygen atoms in total. The molecule has 1 aromatic heterocycles. The Morgan fingerprint density at radius 3 is 2.77 bits per heavy atom. The van der Waals surface area contributed by atoms with Crippen molar-refractivity contribution < 1.29 is 9.13 Å². The Labute approximate surface area is 199 Å². The van der Waals surface area contributed by atoms with Crippen LogP contribution in [0, 0.1) is 11.7 Å². The number of ether oxygens (including phenoxy) is 1. The van der Waals surface area contributed by atoms with E-state index >= 15 is 0 Å². The molecule has 1 fully saturated rings. The van der Waals surface area contributed by atoms with Gasteiger partial charge in [0.25, 0.3) is 0 Å². The van der Waals surface area contributed by atoms with Crippen molar-refractivity contribution in [2.75, 3.05) is 13.7 Å². The number of halogens is 2. The van der Waals surface area contributed by atoms with Gasteiger partial charge in [-0.3, -0.25) is 9.98 Å². The lowest BCUT2D eigenvalue weighted by Crippen LogP contribution is -2.38. The van der Waals surface area contributed by atoms with Crippen molar-refractivity contribution in [3.63, 3.8) is 0 Å². The Balaban J connectivity index is 0.00000272. The van der Waals surface area contributed by atoms with E-state index in [4.69, 9.17) is 4.74 Å². The third kappa shape index (κ3) is 6.06. The number of guanidine groups is 1. The molecule has 1 heterocycles. The first-order chi connectivity index (χ1) is 14.6. The molecule has 0 amide bonds. The van der Waals surface area contributed by atoms with Gasteiger partial charge in [0.1, 0.15) is 0 Å². The van der Waals surface area contributed by atoms with Crippen LogP contribution in [0.25, 0.3) is 10.9 Å². The van der Waals surface area contributed by atoms with Gasteiger partial charge >= 0.3 is 0 Å². The minimum Gasteiger partial charge on any atom is -0.490 e. The molecule has 2 aromatic carbocycles. The molecule has 2 N–H and O–H groups in total. The first kappa shape index (κ1) is 23.2. The van der Waals surface area contributed by atoms with Crippen molar-refractivity contribution in [2.24, 2.45) is 10.9 Å². The van der Waals surface area contributed by atoms with Crippen LogP contribution < -0.4 is 15.4 Å². The largest absolute Gasteiger partial charge is 0.490 e. The van der Waals surface area contributed by atoms with E-state index < -0.39 is 0 Å². The second-order valence-electron chi connectivity index (χ2n) is 7.73. The van der Waals surface area contributed by atoms with E-state index in [-0.39, 0.29) is 35.8 Å². The van der Waals surface area contributed by atoms with Gasteiger partial charge in [0.2, 0.25) is 0 Å². The lowest BCUT2D eigenvalue weighted by atomic mass is 10.1. The smallest absolute Gasteiger partial charge is 0.191 e. The van der Waals surface area contributed by atoms with Crippen LogP contribution in [0.4, 0.5) is 4.39 Å². The van der Waals surface area contributed by atoms with Gasteiger partial charge in [-0.1, -0.05) is 30.3 Å². The van der Waals surface area contributed by atoms with Crippen molar-refractivity contribution in [2.45, 2.75) is 32.4 Å². The molecule has 164 valence electrons. The van der Waals surface area contributed by atoms with Gasteiger partial charge in [-0.15, -0.1) is 24.0 Å². The van der Waals surface area contributed by atoms with Gasteiger partial charge in [-0.25, -0.2) is 4.39 Å². The summed E-state index contributed by atoms with van der Waals surface area (Å²) in [5, 5.41) is 7.75. The van der Waals surface area contributed by atoms with E-state index in [1.165, 1.54) is 18.9 Å². The second kappa shape index (κ2) is 10.7. The molecule has 1 unspecified atom stereocenters. The van der Waals surface area contributed by atoms with Gasteiger partial charge in [0, 0.05) is 25.2 Å². The quantitative estimate of drug-likeness (QED) is 0.249. The number of nitrogens with one attached hydrogen (secondary N) is 2. The number of benzene rings is 2. The van der Waals surface area contributed by atoms with E-state index in [0.717, 1.165) is 22.0 Å². The maximum absolute atomic E-state index is 14.4. The number of hydrogen-bond donors (Lipinski definition) is 2. The Morgan fingerprint density at radius 1 is 1.23 bits per heavy atom. The summed E-state index contributed by atoms with van der Waals surface area (Å²) in [5.41, 5.74) is 2.90. The SMILES string of the molecule is CN=C(NCc1cccc2cccnc12)NC(C)c1ccc(OCC2CC2)c(F)c1.I. The van der Waals surface area contributed by atoms with Gasteiger partial charge < -0.3 is 15.4 Å². The molecule has 31 heavy (non-hydrogen) atoms. The highest BCUT2D eigenvalue weighted by Gasteiger charge is 2.22. The van der Waals surface area contributed by atoms with Crippen molar-refractivity contribution in [1.29, 1.82) is 0 Å². The van der Waals surface area contributed by atoms with Crippen molar-refractivity contribution in [3.8, 4) is 5.75 Å². The summed E-state index contributed by atoms with van der Waals surface area (Å²) in [6, 6.07) is 15.1. The van der Waals surface area contributed by atoms with Gasteiger partial charge in [-0.2, -0.15) is 0 Å². The number of pyridine rings is 1. The molecule has 1 atom stereocenters. The second-order valence-corrected chi connectivity index (χ2v) is 7.73. The standard InChI is InChI=1S/C24H27FN4O.HI/c1-16(19-10-11-22(21(25)13-19)30-15-17-8-9-17)29-24(26-2)28-14-20-6-3-5-18-7-4-12-27-23(18)20;/h3-7,10-13,16-17H,8-9,14-15H2,1-2H3,(H2,26,28,29);1H. The number of nitrogens with zero attached hydrogens (tertiary/aromatic N) is 2. The number of aliphatic imine (C=N–C) groups is 1. The number of aromatic nitrogens is 1. The molecule has 0 aliphatic heterocycles. The summed E-state index contributed by atoms with van der Waals surface area (Å²) in [6.07, 6.45) is 4.16. The molecule has 1 saturated carbocycles. The average molecular weight is 534 g/mol. The summed E-state index contributed by atoms with van der Waals surface area (Å²) in [4.78, 5) is 8.79. The fourth-order valence-corrected chi connectivity index (χ4v) is 3.37. The average Bonchev–Trinajstić information content (AvgIpc) is 3.60. The number of fused-ring (bicyclic) bond motifs is 1. The fraction of sp³-hybridized carbons (Fsp3) is 0.333. The molecule has 3 aromatic rings. The normalized spacial score (nSPS) is 14.6. The number of hydrogen-bond acceptors (Lipinski definition) is 3. The van der Waals surface area contributed by atoms with Gasteiger partial charge in [0.05, 0.1) is 18.2 Å². The highest BCUT2D eigenvalue weighted by Crippen LogP contribution is 2.30. The molecular weight excluding hydrogens is 506 g/mol. The minimum absolute atomic E-state index is 0.